The Balaban J connectivity index is 2.57. The maximum atomic E-state index is 12.0. The fourth-order valence-electron chi connectivity index (χ4n) is 2.33. The molecule has 1 saturated heterocycles. The van der Waals surface area contributed by atoms with Gasteiger partial charge in [-0.2, -0.15) is 0 Å². The summed E-state index contributed by atoms with van der Waals surface area (Å²) in [6.07, 6.45) is 1.75. The summed E-state index contributed by atoms with van der Waals surface area (Å²) in [7, 11) is 1.84. The van der Waals surface area contributed by atoms with Crippen molar-refractivity contribution >= 4 is 6.09 Å². The van der Waals surface area contributed by atoms with Gasteiger partial charge in [0.2, 0.25) is 0 Å². The van der Waals surface area contributed by atoms with E-state index in [1.54, 1.807) is 4.90 Å². The molecule has 1 heterocycles. The summed E-state index contributed by atoms with van der Waals surface area (Å²) in [4.78, 5) is 13.7. The van der Waals surface area contributed by atoms with E-state index in [0.29, 0.717) is 12.1 Å². The number of rotatable bonds is 1. The van der Waals surface area contributed by atoms with Crippen LogP contribution in [0.5, 0.6) is 0 Å². The van der Waals surface area contributed by atoms with Crippen molar-refractivity contribution in [2.24, 2.45) is 0 Å². The van der Waals surface area contributed by atoms with Crippen molar-refractivity contribution in [3.63, 3.8) is 0 Å². The first-order valence-corrected chi connectivity index (χ1v) is 6.41. The summed E-state index contributed by atoms with van der Waals surface area (Å²) < 4.78 is 5.39. The molecule has 0 aromatic heterocycles. The number of piperidine rings is 1. The zero-order chi connectivity index (χ0) is 13.2. The van der Waals surface area contributed by atoms with Crippen LogP contribution in [0.15, 0.2) is 0 Å². The fourth-order valence-corrected chi connectivity index (χ4v) is 2.33. The highest BCUT2D eigenvalue weighted by molar-refractivity contribution is 5.68. The molecule has 1 fully saturated rings. The minimum absolute atomic E-state index is 0.219. The third-order valence-electron chi connectivity index (χ3n) is 3.05. The molecule has 17 heavy (non-hydrogen) atoms. The van der Waals surface area contributed by atoms with Crippen molar-refractivity contribution in [3.8, 4) is 0 Å². The summed E-state index contributed by atoms with van der Waals surface area (Å²) in [5.41, 5.74) is -0.421. The molecule has 0 aromatic carbocycles. The van der Waals surface area contributed by atoms with Crippen molar-refractivity contribution in [2.75, 3.05) is 7.05 Å². The van der Waals surface area contributed by atoms with Crippen LogP contribution in [0.3, 0.4) is 0 Å². The molecule has 1 rings (SSSR count). The SMILES string of the molecule is CC1CC(N(C)C(=O)OC(C)(C)C)CC(C)N1. The minimum Gasteiger partial charge on any atom is -0.444 e. The van der Waals surface area contributed by atoms with E-state index in [-0.39, 0.29) is 12.1 Å². The highest BCUT2D eigenvalue weighted by Gasteiger charge is 2.30. The van der Waals surface area contributed by atoms with Crippen LogP contribution < -0.4 is 5.32 Å². The Morgan fingerprint density at radius 2 is 1.71 bits per heavy atom. The standard InChI is InChI=1S/C13H26N2O2/c1-9-7-11(8-10(2)14-9)15(6)12(16)17-13(3,4)5/h9-11,14H,7-8H2,1-6H3. The maximum absolute atomic E-state index is 12.0. The van der Waals surface area contributed by atoms with Crippen LogP contribution in [0, 0.1) is 0 Å². The van der Waals surface area contributed by atoms with E-state index >= 15 is 0 Å². The van der Waals surface area contributed by atoms with E-state index in [1.807, 2.05) is 27.8 Å². The zero-order valence-corrected chi connectivity index (χ0v) is 11.9. The molecule has 0 bridgehead atoms. The van der Waals surface area contributed by atoms with Crippen molar-refractivity contribution < 1.29 is 9.53 Å². The lowest BCUT2D eigenvalue weighted by Gasteiger charge is -2.38. The molecule has 1 N–H and O–H groups in total. The monoisotopic (exact) mass is 242 g/mol. The highest BCUT2D eigenvalue weighted by Crippen LogP contribution is 2.20. The van der Waals surface area contributed by atoms with Gasteiger partial charge in [-0.1, -0.05) is 0 Å². The molecule has 2 atom stereocenters. The summed E-state index contributed by atoms with van der Waals surface area (Å²) in [5, 5.41) is 3.47. The second kappa shape index (κ2) is 5.25. The van der Waals surface area contributed by atoms with Crippen LogP contribution in [0.1, 0.15) is 47.5 Å². The lowest BCUT2D eigenvalue weighted by atomic mass is 9.94. The Morgan fingerprint density at radius 1 is 1.24 bits per heavy atom. The summed E-state index contributed by atoms with van der Waals surface area (Å²) in [6.45, 7) is 10.0. The molecule has 0 aromatic rings. The highest BCUT2D eigenvalue weighted by atomic mass is 16.6. The first-order chi connectivity index (χ1) is 7.69. The molecule has 0 radical (unpaired) electrons. The molecular weight excluding hydrogens is 216 g/mol. The van der Waals surface area contributed by atoms with Gasteiger partial charge in [0.1, 0.15) is 5.60 Å². The van der Waals surface area contributed by atoms with Crippen LogP contribution in [0.2, 0.25) is 0 Å². The first kappa shape index (κ1) is 14.3. The summed E-state index contributed by atoms with van der Waals surface area (Å²) in [6, 6.07) is 1.18. The molecule has 0 spiro atoms. The number of nitrogens with zero attached hydrogens (tertiary/aromatic N) is 1. The average Bonchev–Trinajstić information content (AvgIpc) is 2.12. The summed E-state index contributed by atoms with van der Waals surface area (Å²) in [5.74, 6) is 0. The molecule has 4 heteroatoms. The number of nitrogens with one attached hydrogen (secondary N) is 1. The number of hydrogen-bond acceptors (Lipinski definition) is 3. The Morgan fingerprint density at radius 3 is 2.12 bits per heavy atom. The Labute approximate surface area is 105 Å². The molecule has 1 aliphatic rings. The van der Waals surface area contributed by atoms with Gasteiger partial charge in [-0.05, 0) is 47.5 Å². The second-order valence-corrected chi connectivity index (χ2v) is 6.19. The maximum Gasteiger partial charge on any atom is 0.410 e. The fraction of sp³-hybridized carbons (Fsp3) is 0.923. The predicted octanol–water partition coefficient (Wildman–Crippen LogP) is 2.38. The van der Waals surface area contributed by atoms with E-state index in [1.165, 1.54) is 0 Å². The first-order valence-electron chi connectivity index (χ1n) is 6.41. The molecule has 1 aliphatic heterocycles. The molecule has 1 amide bonds. The average molecular weight is 242 g/mol. The van der Waals surface area contributed by atoms with Gasteiger partial charge in [0.25, 0.3) is 0 Å². The molecule has 0 aliphatic carbocycles. The quantitative estimate of drug-likeness (QED) is 0.767. The van der Waals surface area contributed by atoms with Crippen LogP contribution in [-0.2, 0) is 4.74 Å². The van der Waals surface area contributed by atoms with Gasteiger partial charge in [0.05, 0.1) is 0 Å². The van der Waals surface area contributed by atoms with E-state index in [4.69, 9.17) is 4.74 Å². The zero-order valence-electron chi connectivity index (χ0n) is 11.9. The smallest absolute Gasteiger partial charge is 0.410 e. The van der Waals surface area contributed by atoms with Gasteiger partial charge in [-0.15, -0.1) is 0 Å². The van der Waals surface area contributed by atoms with Crippen LogP contribution in [0.25, 0.3) is 0 Å². The normalized spacial score (nSPS) is 29.9. The van der Waals surface area contributed by atoms with E-state index in [9.17, 15) is 4.79 Å². The number of amides is 1. The van der Waals surface area contributed by atoms with Crippen LogP contribution in [-0.4, -0.2) is 41.8 Å². The molecule has 0 saturated carbocycles. The molecular formula is C13H26N2O2. The van der Waals surface area contributed by atoms with E-state index < -0.39 is 5.60 Å². The molecule has 100 valence electrons. The van der Waals surface area contributed by atoms with Gasteiger partial charge in [0.15, 0.2) is 0 Å². The van der Waals surface area contributed by atoms with Crippen LogP contribution in [0.4, 0.5) is 4.79 Å². The lowest BCUT2D eigenvalue weighted by Crippen LogP contribution is -2.51. The minimum atomic E-state index is -0.421. The third kappa shape index (κ3) is 4.54. The molecule has 4 nitrogen and oxygen atoms in total. The molecule has 2 unspecified atom stereocenters. The van der Waals surface area contributed by atoms with Crippen molar-refractivity contribution in [1.82, 2.24) is 10.2 Å². The van der Waals surface area contributed by atoms with Gasteiger partial charge >= 0.3 is 6.09 Å². The third-order valence-corrected chi connectivity index (χ3v) is 3.05. The van der Waals surface area contributed by atoms with E-state index in [0.717, 1.165) is 12.8 Å². The van der Waals surface area contributed by atoms with Gasteiger partial charge in [-0.25, -0.2) is 4.79 Å². The second-order valence-electron chi connectivity index (χ2n) is 6.19. The largest absolute Gasteiger partial charge is 0.444 e. The van der Waals surface area contributed by atoms with Gasteiger partial charge in [-0.3, -0.25) is 0 Å². The Bertz CT molecular complexity index is 263. The summed E-state index contributed by atoms with van der Waals surface area (Å²) >= 11 is 0. The number of hydrogen-bond donors (Lipinski definition) is 1. The number of carbonyl (C=O) groups is 1. The van der Waals surface area contributed by atoms with Crippen LogP contribution >= 0.6 is 0 Å². The van der Waals surface area contributed by atoms with Crippen molar-refractivity contribution in [2.45, 2.75) is 71.2 Å². The Hall–Kier alpha value is -0.770. The Kier molecular flexibility index (Phi) is 4.42. The number of ether oxygens (including phenoxy) is 1. The topological polar surface area (TPSA) is 41.6 Å². The van der Waals surface area contributed by atoms with Gasteiger partial charge in [0, 0.05) is 25.2 Å². The number of carbonyl (C=O) groups excluding carboxylic acids is 1. The predicted molar refractivity (Wildman–Crippen MR) is 69.1 cm³/mol. The lowest BCUT2D eigenvalue weighted by molar-refractivity contribution is 0.0166. The van der Waals surface area contributed by atoms with Crippen molar-refractivity contribution in [3.05, 3.63) is 0 Å². The van der Waals surface area contributed by atoms with Crippen molar-refractivity contribution in [1.29, 1.82) is 0 Å². The van der Waals surface area contributed by atoms with E-state index in [2.05, 4.69) is 19.2 Å². The van der Waals surface area contributed by atoms with Gasteiger partial charge < -0.3 is 15.0 Å².